The first-order chi connectivity index (χ1) is 7.23. The largest absolute Gasteiger partial charge is 0.507 e. The Labute approximate surface area is 96.7 Å². The van der Waals surface area contributed by atoms with Crippen LogP contribution in [0, 0.1) is 13.8 Å². The monoisotopic (exact) mass is 224 g/mol. The van der Waals surface area contributed by atoms with E-state index in [2.05, 4.69) is 33.8 Å². The number of phenols is 1. The Balaban J connectivity index is 0.000000673. The molecule has 0 heterocycles. The van der Waals surface area contributed by atoms with Gasteiger partial charge in [-0.3, -0.25) is 4.79 Å². The van der Waals surface area contributed by atoms with Crippen molar-refractivity contribution in [2.75, 3.05) is 0 Å². The Morgan fingerprint density at radius 1 is 1.19 bits per heavy atom. The molecule has 0 aliphatic carbocycles. The van der Waals surface area contributed by atoms with Crippen LogP contribution >= 0.6 is 0 Å². The van der Waals surface area contributed by atoms with Gasteiger partial charge in [0, 0.05) is 0 Å². The fourth-order valence-electron chi connectivity index (χ4n) is 1.53. The topological polar surface area (TPSA) is 57.5 Å². The van der Waals surface area contributed by atoms with Gasteiger partial charge < -0.3 is 10.2 Å². The molecule has 0 fully saturated rings. The summed E-state index contributed by atoms with van der Waals surface area (Å²) in [6.45, 7) is 10.1. The van der Waals surface area contributed by atoms with E-state index in [0.717, 1.165) is 11.1 Å². The lowest BCUT2D eigenvalue weighted by atomic mass is 9.84. The van der Waals surface area contributed by atoms with Gasteiger partial charge in [-0.25, -0.2) is 0 Å². The highest BCUT2D eigenvalue weighted by Gasteiger charge is 2.19. The lowest BCUT2D eigenvalue weighted by molar-refractivity contribution is -0.122. The van der Waals surface area contributed by atoms with Gasteiger partial charge in [-0.05, 0) is 30.4 Å². The highest BCUT2D eigenvalue weighted by molar-refractivity contribution is 5.45. The summed E-state index contributed by atoms with van der Waals surface area (Å²) in [6, 6.07) is 4.06. The molecular formula is C13H20O3. The molecule has 2 N–H and O–H groups in total. The molecule has 1 aromatic carbocycles. The van der Waals surface area contributed by atoms with Crippen LogP contribution in [0.2, 0.25) is 0 Å². The third-order valence-corrected chi connectivity index (χ3v) is 2.25. The Kier molecular flexibility index (Phi) is 5.02. The first-order valence-corrected chi connectivity index (χ1v) is 5.12. The van der Waals surface area contributed by atoms with Crippen molar-refractivity contribution in [2.45, 2.75) is 40.0 Å². The number of aromatic hydroxyl groups is 1. The van der Waals surface area contributed by atoms with Crippen molar-refractivity contribution in [3.05, 3.63) is 28.8 Å². The van der Waals surface area contributed by atoms with E-state index in [1.807, 2.05) is 13.0 Å². The fraction of sp³-hybridized carbons (Fsp3) is 0.462. The number of rotatable bonds is 0. The molecular weight excluding hydrogens is 204 g/mol. The predicted octanol–water partition coefficient (Wildman–Crippen LogP) is 3.01. The zero-order chi connectivity index (χ0) is 12.9. The summed E-state index contributed by atoms with van der Waals surface area (Å²) in [4.78, 5) is 8.36. The van der Waals surface area contributed by atoms with Crippen molar-refractivity contribution in [2.24, 2.45) is 0 Å². The molecule has 0 aliphatic rings. The Bertz CT molecular complexity index is 362. The van der Waals surface area contributed by atoms with Crippen molar-refractivity contribution in [3.8, 4) is 5.75 Å². The predicted molar refractivity (Wildman–Crippen MR) is 65.0 cm³/mol. The van der Waals surface area contributed by atoms with Gasteiger partial charge in [0.2, 0.25) is 0 Å². The smallest absolute Gasteiger partial charge is 0.290 e. The molecule has 3 nitrogen and oxygen atoms in total. The minimum Gasteiger partial charge on any atom is -0.507 e. The van der Waals surface area contributed by atoms with E-state index in [4.69, 9.17) is 9.90 Å². The van der Waals surface area contributed by atoms with Crippen LogP contribution in [0.5, 0.6) is 5.75 Å². The number of hydrogen-bond donors (Lipinski definition) is 2. The van der Waals surface area contributed by atoms with E-state index in [1.165, 1.54) is 5.56 Å². The van der Waals surface area contributed by atoms with Crippen molar-refractivity contribution >= 4 is 6.47 Å². The van der Waals surface area contributed by atoms with Crippen LogP contribution < -0.4 is 0 Å². The number of aryl methyl sites for hydroxylation is 2. The number of benzene rings is 1. The second kappa shape index (κ2) is 5.54. The van der Waals surface area contributed by atoms with Crippen LogP contribution in [0.4, 0.5) is 0 Å². The molecule has 0 atom stereocenters. The molecule has 0 aromatic heterocycles. The van der Waals surface area contributed by atoms with E-state index in [1.54, 1.807) is 0 Å². The minimum atomic E-state index is -0.250. The van der Waals surface area contributed by atoms with Crippen LogP contribution in [0.15, 0.2) is 12.1 Å². The Hall–Kier alpha value is -1.51. The maximum Gasteiger partial charge on any atom is 0.290 e. The summed E-state index contributed by atoms with van der Waals surface area (Å²) in [5.74, 6) is 0.443. The Morgan fingerprint density at radius 2 is 1.62 bits per heavy atom. The summed E-state index contributed by atoms with van der Waals surface area (Å²) >= 11 is 0. The molecule has 0 spiro atoms. The maximum absolute atomic E-state index is 9.86. The van der Waals surface area contributed by atoms with E-state index >= 15 is 0 Å². The van der Waals surface area contributed by atoms with Gasteiger partial charge in [0.25, 0.3) is 6.47 Å². The molecule has 0 bridgehead atoms. The van der Waals surface area contributed by atoms with Gasteiger partial charge in [-0.1, -0.05) is 38.5 Å². The van der Waals surface area contributed by atoms with E-state index in [9.17, 15) is 5.11 Å². The van der Waals surface area contributed by atoms with Crippen LogP contribution in [0.25, 0.3) is 0 Å². The summed E-state index contributed by atoms with van der Waals surface area (Å²) in [7, 11) is 0. The highest BCUT2D eigenvalue weighted by atomic mass is 16.3. The molecule has 3 heteroatoms. The van der Waals surface area contributed by atoms with Crippen molar-refractivity contribution in [1.29, 1.82) is 0 Å². The number of carbonyl (C=O) groups is 1. The molecule has 1 aromatic rings. The van der Waals surface area contributed by atoms with E-state index in [0.29, 0.717) is 5.75 Å². The molecule has 0 radical (unpaired) electrons. The molecule has 0 unspecified atom stereocenters. The molecule has 1 rings (SSSR count). The van der Waals surface area contributed by atoms with Crippen molar-refractivity contribution in [1.82, 2.24) is 0 Å². The first-order valence-electron chi connectivity index (χ1n) is 5.12. The number of hydrogen-bond acceptors (Lipinski definition) is 2. The number of phenolic OH excluding ortho intramolecular Hbond substituents is 1. The van der Waals surface area contributed by atoms with Crippen molar-refractivity contribution in [3.63, 3.8) is 0 Å². The second-order valence-corrected chi connectivity index (χ2v) is 4.83. The second-order valence-electron chi connectivity index (χ2n) is 4.83. The molecule has 0 saturated carbocycles. The van der Waals surface area contributed by atoms with Crippen LogP contribution in [-0.2, 0) is 10.2 Å². The minimum absolute atomic E-state index is 0.0147. The quantitative estimate of drug-likeness (QED) is 0.666. The third-order valence-electron chi connectivity index (χ3n) is 2.25. The third kappa shape index (κ3) is 3.93. The average Bonchev–Trinajstić information content (AvgIpc) is 2.10. The van der Waals surface area contributed by atoms with Gasteiger partial charge >= 0.3 is 0 Å². The lowest BCUT2D eigenvalue weighted by Crippen LogP contribution is -2.12. The molecule has 16 heavy (non-hydrogen) atoms. The standard InChI is InChI=1S/C12H18O.CH2O2/c1-8-6-9(2)11(13)10(7-8)12(3,4)5;2-1-3/h6-7,13H,1-5H3;1H,(H,2,3). The first kappa shape index (κ1) is 14.5. The van der Waals surface area contributed by atoms with Crippen LogP contribution in [-0.4, -0.2) is 16.7 Å². The normalized spacial score (nSPS) is 10.3. The van der Waals surface area contributed by atoms with Gasteiger partial charge in [0.1, 0.15) is 5.75 Å². The molecule has 90 valence electrons. The zero-order valence-electron chi connectivity index (χ0n) is 10.5. The van der Waals surface area contributed by atoms with Gasteiger partial charge in [0.15, 0.2) is 0 Å². The van der Waals surface area contributed by atoms with E-state index < -0.39 is 0 Å². The summed E-state index contributed by atoms with van der Waals surface area (Å²) < 4.78 is 0. The summed E-state index contributed by atoms with van der Waals surface area (Å²) in [5, 5.41) is 16.7. The van der Waals surface area contributed by atoms with Gasteiger partial charge in [-0.2, -0.15) is 0 Å². The zero-order valence-corrected chi connectivity index (χ0v) is 10.5. The average molecular weight is 224 g/mol. The number of carboxylic acid groups (broad SMARTS) is 1. The highest BCUT2D eigenvalue weighted by Crippen LogP contribution is 2.33. The van der Waals surface area contributed by atoms with Gasteiger partial charge in [0.05, 0.1) is 0 Å². The van der Waals surface area contributed by atoms with Crippen LogP contribution in [0.3, 0.4) is 0 Å². The summed E-state index contributed by atoms with van der Waals surface area (Å²) in [5.41, 5.74) is 3.22. The molecule has 0 aliphatic heterocycles. The Morgan fingerprint density at radius 3 is 2.00 bits per heavy atom. The maximum atomic E-state index is 9.86. The molecule has 0 amide bonds. The summed E-state index contributed by atoms with van der Waals surface area (Å²) in [6.07, 6.45) is 0. The van der Waals surface area contributed by atoms with Gasteiger partial charge in [-0.15, -0.1) is 0 Å². The lowest BCUT2D eigenvalue weighted by Gasteiger charge is -2.22. The molecule has 0 saturated heterocycles. The fourth-order valence-corrected chi connectivity index (χ4v) is 1.53. The SMILES string of the molecule is Cc1cc(C)c(O)c(C(C)(C)C)c1.O=CO. The van der Waals surface area contributed by atoms with E-state index in [-0.39, 0.29) is 11.9 Å². The van der Waals surface area contributed by atoms with Crippen LogP contribution in [0.1, 0.15) is 37.5 Å². The van der Waals surface area contributed by atoms with Crippen molar-refractivity contribution < 1.29 is 15.0 Å².